The van der Waals surface area contributed by atoms with Crippen molar-refractivity contribution in [3.05, 3.63) is 0 Å². The first-order chi connectivity index (χ1) is 12.5. The Hall–Kier alpha value is -0.820. The summed E-state index contributed by atoms with van der Waals surface area (Å²) in [5.41, 5.74) is -2.55. The normalized spacial score (nSPS) is 53.8. The summed E-state index contributed by atoms with van der Waals surface area (Å²) in [7, 11) is 1.55. The fourth-order valence-corrected chi connectivity index (χ4v) is 7.83. The fourth-order valence-electron chi connectivity index (χ4n) is 7.83. The molecule has 4 fully saturated rings. The molecule has 0 aliphatic heterocycles. The number of carbonyl (C=O) groups is 2. The molecule has 27 heavy (non-hydrogen) atoms. The summed E-state index contributed by atoms with van der Waals surface area (Å²) >= 11 is 0. The maximum Gasteiger partial charge on any atom is 0.166 e. The second-order valence-corrected chi connectivity index (χ2v) is 10.3. The predicted molar refractivity (Wildman–Crippen MR) is 96.7 cm³/mol. The van der Waals surface area contributed by atoms with Gasteiger partial charge in [-0.3, -0.25) is 9.59 Å². The average Bonchev–Trinajstić information content (AvgIpc) is 2.79. The summed E-state index contributed by atoms with van der Waals surface area (Å²) in [5.74, 6) is -1.94. The van der Waals surface area contributed by atoms with Gasteiger partial charge in [-0.25, -0.2) is 0 Å². The minimum Gasteiger partial charge on any atom is -0.393 e. The number of methoxy groups -OCH3 is 1. The highest BCUT2D eigenvalue weighted by molar-refractivity contribution is 6.00. The highest BCUT2D eigenvalue weighted by atomic mass is 16.5. The largest absolute Gasteiger partial charge is 0.393 e. The van der Waals surface area contributed by atoms with Crippen LogP contribution in [0.2, 0.25) is 0 Å². The number of hydrogen-bond acceptors (Lipinski definition) is 6. The number of hydrogen-bond donors (Lipinski definition) is 3. The van der Waals surface area contributed by atoms with Crippen molar-refractivity contribution in [3.8, 4) is 0 Å². The van der Waals surface area contributed by atoms with Crippen LogP contribution < -0.4 is 0 Å². The lowest BCUT2D eigenvalue weighted by Gasteiger charge is -2.65. The lowest BCUT2D eigenvalue weighted by atomic mass is 9.39. The van der Waals surface area contributed by atoms with Crippen LogP contribution in [0.3, 0.4) is 0 Å². The van der Waals surface area contributed by atoms with Gasteiger partial charge in [-0.2, -0.15) is 0 Å². The molecule has 0 aromatic rings. The van der Waals surface area contributed by atoms with E-state index < -0.39 is 46.4 Å². The van der Waals surface area contributed by atoms with E-state index in [4.69, 9.17) is 4.74 Å². The van der Waals surface area contributed by atoms with Crippen molar-refractivity contribution in [2.45, 2.75) is 64.8 Å². The molecule has 0 heterocycles. The minimum absolute atomic E-state index is 0.0616. The first-order valence-corrected chi connectivity index (χ1v) is 10.1. The van der Waals surface area contributed by atoms with E-state index in [2.05, 4.69) is 0 Å². The topological polar surface area (TPSA) is 104 Å². The van der Waals surface area contributed by atoms with Crippen LogP contribution in [0.4, 0.5) is 0 Å². The van der Waals surface area contributed by atoms with Gasteiger partial charge < -0.3 is 20.1 Å². The van der Waals surface area contributed by atoms with Crippen LogP contribution in [0.15, 0.2) is 0 Å². The zero-order valence-corrected chi connectivity index (χ0v) is 16.6. The van der Waals surface area contributed by atoms with Crippen LogP contribution in [-0.4, -0.2) is 58.9 Å². The SMILES string of the molecule is COC[C@H]1C(=O)[C@]23C[C@H]1C[C@H](O)[C@H]2[C@]1(C)CC[C@H](O)C(C)(C)[C@H]1C(=O)[C@@H]3O. The first-order valence-electron chi connectivity index (χ1n) is 10.1. The maximum atomic E-state index is 13.5. The van der Waals surface area contributed by atoms with Crippen LogP contribution >= 0.6 is 0 Å². The zero-order valence-electron chi connectivity index (χ0n) is 16.6. The van der Waals surface area contributed by atoms with Crippen LogP contribution in [0.25, 0.3) is 0 Å². The number of rotatable bonds is 2. The number of ether oxygens (including phenoxy) is 1. The van der Waals surface area contributed by atoms with E-state index in [0.29, 0.717) is 25.7 Å². The molecule has 3 N–H and O–H groups in total. The quantitative estimate of drug-likeness (QED) is 0.659. The van der Waals surface area contributed by atoms with E-state index in [0.717, 1.165) is 0 Å². The molecule has 4 aliphatic carbocycles. The van der Waals surface area contributed by atoms with E-state index in [1.807, 2.05) is 20.8 Å². The molecule has 0 amide bonds. The van der Waals surface area contributed by atoms with Crippen molar-refractivity contribution in [3.63, 3.8) is 0 Å². The Bertz CT molecular complexity index is 674. The summed E-state index contributed by atoms with van der Waals surface area (Å²) < 4.78 is 5.25. The molecular weight excluding hydrogens is 348 g/mol. The lowest BCUT2D eigenvalue weighted by molar-refractivity contribution is -0.227. The Morgan fingerprint density at radius 3 is 2.44 bits per heavy atom. The lowest BCUT2D eigenvalue weighted by Crippen LogP contribution is -2.71. The van der Waals surface area contributed by atoms with Gasteiger partial charge in [0.25, 0.3) is 0 Å². The third-order valence-corrected chi connectivity index (χ3v) is 8.77. The number of aliphatic hydroxyl groups excluding tert-OH is 3. The molecule has 6 heteroatoms. The summed E-state index contributed by atoms with van der Waals surface area (Å²) in [5, 5.41) is 32.9. The second-order valence-electron chi connectivity index (χ2n) is 10.3. The number of Topliss-reactive ketones (excluding diaryl/α,β-unsaturated/α-hetero) is 2. The van der Waals surface area contributed by atoms with Crippen LogP contribution in [-0.2, 0) is 14.3 Å². The summed E-state index contributed by atoms with van der Waals surface area (Å²) in [6.07, 6.45) is -0.764. The van der Waals surface area contributed by atoms with Gasteiger partial charge in [-0.15, -0.1) is 0 Å². The number of fused-ring (bicyclic) bond motifs is 3. The zero-order chi connectivity index (χ0) is 19.9. The second kappa shape index (κ2) is 5.85. The van der Waals surface area contributed by atoms with Crippen molar-refractivity contribution in [1.29, 1.82) is 0 Å². The van der Waals surface area contributed by atoms with Crippen LogP contribution in [0.1, 0.15) is 46.5 Å². The van der Waals surface area contributed by atoms with Crippen LogP contribution in [0, 0.1) is 39.9 Å². The van der Waals surface area contributed by atoms with Crippen molar-refractivity contribution in [2.24, 2.45) is 39.9 Å². The smallest absolute Gasteiger partial charge is 0.166 e. The third-order valence-electron chi connectivity index (χ3n) is 8.77. The van der Waals surface area contributed by atoms with Crippen molar-refractivity contribution in [2.75, 3.05) is 13.7 Å². The molecule has 0 saturated heterocycles. The highest BCUT2D eigenvalue weighted by Gasteiger charge is 2.76. The average molecular weight is 380 g/mol. The van der Waals surface area contributed by atoms with Gasteiger partial charge in [0.2, 0.25) is 0 Å². The molecule has 9 atom stereocenters. The molecule has 0 unspecified atom stereocenters. The molecule has 4 saturated carbocycles. The van der Waals surface area contributed by atoms with E-state index in [-0.39, 0.29) is 30.0 Å². The molecule has 4 aliphatic rings. The monoisotopic (exact) mass is 380 g/mol. The Labute approximate surface area is 160 Å². The standard InChI is InChI=1S/C21H32O6/c1-19(2)13(23)5-6-20(3)15-12(22)7-10-8-21(15,17(25)11(10)9-27-4)18(26)14(24)16(19)20/h10-13,15-16,18,22-23,26H,5-9H2,1-4H3/t10-,11-,12+,13+,15+,16-,18+,20+,21+/m1/s1. The minimum atomic E-state index is -1.42. The van der Waals surface area contributed by atoms with E-state index in [1.54, 1.807) is 7.11 Å². The molecule has 1 spiro atoms. The van der Waals surface area contributed by atoms with E-state index in [1.165, 1.54) is 0 Å². The first kappa shape index (κ1) is 19.5. The summed E-state index contributed by atoms with van der Waals surface area (Å²) in [6.45, 7) is 5.98. The number of aliphatic hydroxyl groups is 3. The predicted octanol–water partition coefficient (Wildman–Crippen LogP) is 0.952. The van der Waals surface area contributed by atoms with Crippen molar-refractivity contribution >= 4 is 11.6 Å². The highest BCUT2D eigenvalue weighted by Crippen LogP contribution is 2.70. The Morgan fingerprint density at radius 2 is 1.81 bits per heavy atom. The third kappa shape index (κ3) is 2.16. The Balaban J connectivity index is 1.88. The number of carbonyl (C=O) groups excluding carboxylic acids is 2. The van der Waals surface area contributed by atoms with Crippen molar-refractivity contribution in [1.82, 2.24) is 0 Å². The molecule has 6 nitrogen and oxygen atoms in total. The van der Waals surface area contributed by atoms with Gasteiger partial charge in [0.05, 0.1) is 24.2 Å². The van der Waals surface area contributed by atoms with Gasteiger partial charge >= 0.3 is 0 Å². The molecule has 4 rings (SSSR count). The molecular formula is C21H32O6. The van der Waals surface area contributed by atoms with E-state index >= 15 is 0 Å². The molecule has 2 bridgehead atoms. The van der Waals surface area contributed by atoms with Gasteiger partial charge in [-0.05, 0) is 37.0 Å². The van der Waals surface area contributed by atoms with E-state index in [9.17, 15) is 24.9 Å². The van der Waals surface area contributed by atoms with Crippen LogP contribution in [0.5, 0.6) is 0 Å². The summed E-state index contributed by atoms with van der Waals surface area (Å²) in [6, 6.07) is 0. The van der Waals surface area contributed by atoms with Gasteiger partial charge in [0.15, 0.2) is 5.78 Å². The van der Waals surface area contributed by atoms with Crippen molar-refractivity contribution < 1.29 is 29.6 Å². The number of ketones is 2. The van der Waals surface area contributed by atoms with Gasteiger partial charge in [0.1, 0.15) is 11.9 Å². The molecule has 0 aromatic carbocycles. The molecule has 0 aromatic heterocycles. The maximum absolute atomic E-state index is 13.5. The Morgan fingerprint density at radius 1 is 1.15 bits per heavy atom. The molecule has 0 radical (unpaired) electrons. The molecule has 152 valence electrons. The summed E-state index contributed by atoms with van der Waals surface area (Å²) in [4.78, 5) is 27.0. The Kier molecular flexibility index (Phi) is 4.22. The van der Waals surface area contributed by atoms with Gasteiger partial charge in [-0.1, -0.05) is 20.8 Å². The fraction of sp³-hybridized carbons (Fsp3) is 0.905. The van der Waals surface area contributed by atoms with Gasteiger partial charge in [0, 0.05) is 30.3 Å².